The Balaban J connectivity index is 1.38. The van der Waals surface area contributed by atoms with Crippen LogP contribution in [0.25, 0.3) is 0 Å². The molecule has 0 aliphatic carbocycles. The summed E-state index contributed by atoms with van der Waals surface area (Å²) in [5.74, 6) is 1.73. The number of amides is 2. The lowest BCUT2D eigenvalue weighted by Crippen LogP contribution is -2.25. The number of carbonyl (C=O) groups excluding carboxylic acids is 2. The highest BCUT2D eigenvalue weighted by Crippen LogP contribution is 2.36. The molecule has 0 bridgehead atoms. The SMILES string of the molecule is CN1C[C@H](C(=O)Nc2ccc(Oc3ccc4c(c3)OCO4)nc2)CC1=O. The van der Waals surface area contributed by atoms with Crippen LogP contribution in [-0.2, 0) is 9.59 Å². The molecule has 0 radical (unpaired) electrons. The molecule has 26 heavy (non-hydrogen) atoms. The Kier molecular flexibility index (Phi) is 4.08. The summed E-state index contributed by atoms with van der Waals surface area (Å²) in [6, 6.07) is 8.62. The number of rotatable bonds is 4. The minimum absolute atomic E-state index is 0.0178. The number of ether oxygens (including phenoxy) is 3. The van der Waals surface area contributed by atoms with Gasteiger partial charge in [-0.2, -0.15) is 0 Å². The number of carbonyl (C=O) groups is 2. The Morgan fingerprint density at radius 3 is 2.85 bits per heavy atom. The van der Waals surface area contributed by atoms with Crippen LogP contribution in [0.2, 0.25) is 0 Å². The Labute approximate surface area is 149 Å². The third-order valence-corrected chi connectivity index (χ3v) is 4.28. The van der Waals surface area contributed by atoms with Crippen molar-refractivity contribution in [2.75, 3.05) is 25.7 Å². The third kappa shape index (κ3) is 3.26. The smallest absolute Gasteiger partial charge is 0.231 e. The molecule has 1 aromatic heterocycles. The Morgan fingerprint density at radius 1 is 1.27 bits per heavy atom. The molecular formula is C18H17N3O5. The average molecular weight is 355 g/mol. The highest BCUT2D eigenvalue weighted by Gasteiger charge is 2.32. The molecule has 3 heterocycles. The molecule has 1 aromatic carbocycles. The predicted octanol–water partition coefficient (Wildman–Crippen LogP) is 2.02. The van der Waals surface area contributed by atoms with Gasteiger partial charge in [0.2, 0.25) is 24.5 Å². The first-order valence-corrected chi connectivity index (χ1v) is 8.17. The molecule has 1 saturated heterocycles. The first-order chi connectivity index (χ1) is 12.6. The van der Waals surface area contributed by atoms with Crippen LogP contribution in [0.5, 0.6) is 23.1 Å². The van der Waals surface area contributed by atoms with Gasteiger partial charge in [0.15, 0.2) is 11.5 Å². The van der Waals surface area contributed by atoms with Crippen molar-refractivity contribution in [2.24, 2.45) is 5.92 Å². The van der Waals surface area contributed by atoms with E-state index in [1.54, 1.807) is 42.3 Å². The molecule has 2 aliphatic heterocycles. The van der Waals surface area contributed by atoms with Gasteiger partial charge in [-0.1, -0.05) is 0 Å². The van der Waals surface area contributed by atoms with Gasteiger partial charge in [-0.25, -0.2) is 4.98 Å². The molecule has 0 spiro atoms. The van der Waals surface area contributed by atoms with Crippen LogP contribution in [0.15, 0.2) is 36.5 Å². The van der Waals surface area contributed by atoms with E-state index in [-0.39, 0.29) is 30.9 Å². The second kappa shape index (κ2) is 6.55. The molecule has 1 N–H and O–H groups in total. The van der Waals surface area contributed by atoms with E-state index in [1.807, 2.05) is 0 Å². The van der Waals surface area contributed by atoms with Crippen LogP contribution in [0.3, 0.4) is 0 Å². The number of hydrogen-bond donors (Lipinski definition) is 1. The van der Waals surface area contributed by atoms with Gasteiger partial charge in [-0.05, 0) is 18.2 Å². The van der Waals surface area contributed by atoms with Crippen molar-refractivity contribution in [3.63, 3.8) is 0 Å². The maximum Gasteiger partial charge on any atom is 0.231 e. The zero-order valence-corrected chi connectivity index (χ0v) is 14.1. The molecule has 0 unspecified atom stereocenters. The van der Waals surface area contributed by atoms with Crippen molar-refractivity contribution in [3.8, 4) is 23.1 Å². The number of nitrogens with zero attached hydrogens (tertiary/aromatic N) is 2. The van der Waals surface area contributed by atoms with Crippen LogP contribution < -0.4 is 19.5 Å². The van der Waals surface area contributed by atoms with E-state index in [0.717, 1.165) is 0 Å². The lowest BCUT2D eigenvalue weighted by atomic mass is 10.1. The fraction of sp³-hybridized carbons (Fsp3) is 0.278. The quantitative estimate of drug-likeness (QED) is 0.902. The largest absolute Gasteiger partial charge is 0.454 e. The van der Waals surface area contributed by atoms with Gasteiger partial charge in [-0.3, -0.25) is 9.59 Å². The van der Waals surface area contributed by atoms with Crippen molar-refractivity contribution < 1.29 is 23.8 Å². The highest BCUT2D eigenvalue weighted by atomic mass is 16.7. The van der Waals surface area contributed by atoms with E-state index in [9.17, 15) is 9.59 Å². The summed E-state index contributed by atoms with van der Waals surface area (Å²) in [5.41, 5.74) is 0.551. The summed E-state index contributed by atoms with van der Waals surface area (Å²) in [7, 11) is 1.69. The number of hydrogen-bond acceptors (Lipinski definition) is 6. The molecule has 134 valence electrons. The summed E-state index contributed by atoms with van der Waals surface area (Å²) >= 11 is 0. The molecule has 2 aliphatic rings. The lowest BCUT2D eigenvalue weighted by molar-refractivity contribution is -0.127. The van der Waals surface area contributed by atoms with E-state index >= 15 is 0 Å². The van der Waals surface area contributed by atoms with Crippen molar-refractivity contribution >= 4 is 17.5 Å². The van der Waals surface area contributed by atoms with E-state index in [4.69, 9.17) is 14.2 Å². The topological polar surface area (TPSA) is 90.0 Å². The lowest BCUT2D eigenvalue weighted by Gasteiger charge is -2.11. The second-order valence-electron chi connectivity index (χ2n) is 6.17. The summed E-state index contributed by atoms with van der Waals surface area (Å²) in [6.45, 7) is 0.636. The molecule has 0 saturated carbocycles. The first-order valence-electron chi connectivity index (χ1n) is 8.17. The molecule has 8 heteroatoms. The van der Waals surface area contributed by atoms with Gasteiger partial charge < -0.3 is 24.4 Å². The van der Waals surface area contributed by atoms with Gasteiger partial charge in [0.1, 0.15) is 5.75 Å². The van der Waals surface area contributed by atoms with Gasteiger partial charge in [0.25, 0.3) is 0 Å². The van der Waals surface area contributed by atoms with E-state index in [1.165, 1.54) is 6.20 Å². The molecule has 2 aromatic rings. The van der Waals surface area contributed by atoms with Crippen molar-refractivity contribution in [3.05, 3.63) is 36.5 Å². The molecule has 8 nitrogen and oxygen atoms in total. The van der Waals surface area contributed by atoms with Crippen LogP contribution in [0, 0.1) is 5.92 Å². The zero-order chi connectivity index (χ0) is 18.1. The van der Waals surface area contributed by atoms with Crippen LogP contribution in [0.1, 0.15) is 6.42 Å². The Hall–Kier alpha value is -3.29. The van der Waals surface area contributed by atoms with Crippen LogP contribution in [-0.4, -0.2) is 42.1 Å². The van der Waals surface area contributed by atoms with Crippen LogP contribution >= 0.6 is 0 Å². The molecule has 4 rings (SSSR count). The molecule has 1 fully saturated rings. The minimum Gasteiger partial charge on any atom is -0.454 e. The monoisotopic (exact) mass is 355 g/mol. The third-order valence-electron chi connectivity index (χ3n) is 4.28. The maximum absolute atomic E-state index is 12.2. The normalized spacial score (nSPS) is 18.1. The first kappa shape index (κ1) is 16.2. The molecule has 2 amide bonds. The predicted molar refractivity (Wildman–Crippen MR) is 91.2 cm³/mol. The van der Waals surface area contributed by atoms with Crippen molar-refractivity contribution in [2.45, 2.75) is 6.42 Å². The number of anilines is 1. The van der Waals surface area contributed by atoms with Gasteiger partial charge in [0, 0.05) is 32.1 Å². The Bertz CT molecular complexity index is 852. The summed E-state index contributed by atoms with van der Waals surface area (Å²) in [4.78, 5) is 29.5. The van der Waals surface area contributed by atoms with Crippen molar-refractivity contribution in [1.29, 1.82) is 0 Å². The number of benzene rings is 1. The number of fused-ring (bicyclic) bond motifs is 1. The number of likely N-dealkylation sites (tertiary alicyclic amines) is 1. The fourth-order valence-electron chi connectivity index (χ4n) is 2.86. The molecule has 1 atom stereocenters. The fourth-order valence-corrected chi connectivity index (χ4v) is 2.86. The Morgan fingerprint density at radius 2 is 2.12 bits per heavy atom. The number of nitrogens with one attached hydrogen (secondary N) is 1. The number of pyridine rings is 1. The summed E-state index contributed by atoms with van der Waals surface area (Å²) < 4.78 is 16.2. The van der Waals surface area contributed by atoms with E-state index < -0.39 is 0 Å². The van der Waals surface area contributed by atoms with Crippen molar-refractivity contribution in [1.82, 2.24) is 9.88 Å². The van der Waals surface area contributed by atoms with Crippen LogP contribution in [0.4, 0.5) is 5.69 Å². The average Bonchev–Trinajstić information content (AvgIpc) is 3.23. The van der Waals surface area contributed by atoms with Gasteiger partial charge in [0.05, 0.1) is 17.8 Å². The number of aromatic nitrogens is 1. The van der Waals surface area contributed by atoms with E-state index in [0.29, 0.717) is 35.4 Å². The standard InChI is InChI=1S/C18H17N3O5/c1-21-9-11(6-17(21)22)18(23)20-12-2-5-16(19-8-12)26-13-3-4-14-15(7-13)25-10-24-14/h2-5,7-8,11H,6,9-10H2,1H3,(H,20,23)/t11-/m1/s1. The minimum atomic E-state index is -0.336. The molecular weight excluding hydrogens is 338 g/mol. The maximum atomic E-state index is 12.2. The van der Waals surface area contributed by atoms with Gasteiger partial charge in [-0.15, -0.1) is 0 Å². The summed E-state index contributed by atoms with van der Waals surface area (Å²) in [6.07, 6.45) is 1.75. The summed E-state index contributed by atoms with van der Waals surface area (Å²) in [5, 5.41) is 2.78. The highest BCUT2D eigenvalue weighted by molar-refractivity contribution is 5.97. The zero-order valence-electron chi connectivity index (χ0n) is 14.1. The second-order valence-corrected chi connectivity index (χ2v) is 6.17. The van der Waals surface area contributed by atoms with Gasteiger partial charge >= 0.3 is 0 Å². The van der Waals surface area contributed by atoms with E-state index in [2.05, 4.69) is 10.3 Å².